The van der Waals surface area contributed by atoms with Gasteiger partial charge in [0, 0.05) is 25.0 Å². The van der Waals surface area contributed by atoms with Gasteiger partial charge in [-0.3, -0.25) is 4.79 Å². The smallest absolute Gasteiger partial charge is 0.242 e. The van der Waals surface area contributed by atoms with E-state index in [1.165, 1.54) is 4.68 Å². The zero-order chi connectivity index (χ0) is 16.2. The predicted molar refractivity (Wildman–Crippen MR) is 86.8 cm³/mol. The van der Waals surface area contributed by atoms with Crippen molar-refractivity contribution in [2.75, 3.05) is 5.73 Å². The van der Waals surface area contributed by atoms with Crippen molar-refractivity contribution in [1.82, 2.24) is 24.9 Å². The number of hydrogen-bond acceptors (Lipinski definition) is 4. The number of hydrogen-bond donors (Lipinski definition) is 2. The third kappa shape index (κ3) is 3.57. The van der Waals surface area contributed by atoms with Crippen LogP contribution in [0.3, 0.4) is 0 Å². The minimum atomic E-state index is -0.135. The van der Waals surface area contributed by atoms with Crippen molar-refractivity contribution >= 4 is 11.7 Å². The van der Waals surface area contributed by atoms with E-state index in [1.54, 1.807) is 16.9 Å². The van der Waals surface area contributed by atoms with Gasteiger partial charge in [-0.25, -0.2) is 9.36 Å². The molecule has 0 atom stereocenters. The Morgan fingerprint density at radius 3 is 2.87 bits per heavy atom. The van der Waals surface area contributed by atoms with E-state index in [4.69, 9.17) is 5.73 Å². The molecule has 0 saturated carbocycles. The Balaban J connectivity index is 1.61. The van der Waals surface area contributed by atoms with Gasteiger partial charge in [-0.2, -0.15) is 10.2 Å². The molecule has 0 bridgehead atoms. The number of nitrogens with zero attached hydrogens (tertiary/aromatic N) is 4. The molecule has 3 rings (SSSR count). The lowest BCUT2D eigenvalue weighted by Crippen LogP contribution is -2.28. The van der Waals surface area contributed by atoms with Crippen LogP contribution in [-0.2, 0) is 17.9 Å². The van der Waals surface area contributed by atoms with E-state index in [0.717, 1.165) is 16.9 Å². The van der Waals surface area contributed by atoms with E-state index in [0.29, 0.717) is 12.4 Å². The first kappa shape index (κ1) is 14.8. The molecule has 0 unspecified atom stereocenters. The Morgan fingerprint density at radius 2 is 2.17 bits per heavy atom. The van der Waals surface area contributed by atoms with Crippen molar-refractivity contribution in [3.8, 4) is 5.69 Å². The Hall–Kier alpha value is -3.09. The highest BCUT2D eigenvalue weighted by molar-refractivity contribution is 5.76. The lowest BCUT2D eigenvalue weighted by atomic mass is 10.2. The number of nitrogen functional groups attached to an aromatic ring is 1. The number of carbonyl (C=O) groups is 1. The molecule has 0 saturated heterocycles. The normalized spacial score (nSPS) is 10.7. The van der Waals surface area contributed by atoms with Crippen LogP contribution in [0.1, 0.15) is 11.3 Å². The van der Waals surface area contributed by atoms with E-state index in [-0.39, 0.29) is 12.5 Å². The second kappa shape index (κ2) is 6.35. The highest BCUT2D eigenvalue weighted by Crippen LogP contribution is 2.09. The Kier molecular flexibility index (Phi) is 4.09. The number of nitrogens with two attached hydrogens (primary N) is 1. The molecule has 0 aliphatic carbocycles. The lowest BCUT2D eigenvalue weighted by Gasteiger charge is -2.08. The Morgan fingerprint density at radius 1 is 1.30 bits per heavy atom. The SMILES string of the molecule is Cc1cc(N)n(CC(=O)NCc2cccc(-n3cccn3)c2)n1. The first-order chi connectivity index (χ1) is 11.1. The van der Waals surface area contributed by atoms with Crippen LogP contribution in [-0.4, -0.2) is 25.5 Å². The van der Waals surface area contributed by atoms with Crippen molar-refractivity contribution < 1.29 is 4.79 Å². The van der Waals surface area contributed by atoms with Crippen LogP contribution >= 0.6 is 0 Å². The highest BCUT2D eigenvalue weighted by Gasteiger charge is 2.07. The number of rotatable bonds is 5. The third-order valence-electron chi connectivity index (χ3n) is 3.40. The van der Waals surface area contributed by atoms with E-state index in [9.17, 15) is 4.79 Å². The second-order valence-electron chi connectivity index (χ2n) is 5.27. The largest absolute Gasteiger partial charge is 0.384 e. The third-order valence-corrected chi connectivity index (χ3v) is 3.40. The maximum Gasteiger partial charge on any atom is 0.242 e. The number of anilines is 1. The molecular formula is C16H18N6O. The summed E-state index contributed by atoms with van der Waals surface area (Å²) in [5, 5.41) is 11.2. The molecule has 0 aliphatic heterocycles. The summed E-state index contributed by atoms with van der Waals surface area (Å²) in [6, 6.07) is 11.4. The summed E-state index contributed by atoms with van der Waals surface area (Å²) < 4.78 is 3.27. The molecule has 1 amide bonds. The number of amides is 1. The summed E-state index contributed by atoms with van der Waals surface area (Å²) in [6.45, 7) is 2.39. The van der Waals surface area contributed by atoms with Gasteiger partial charge in [0.25, 0.3) is 0 Å². The molecule has 0 fully saturated rings. The van der Waals surface area contributed by atoms with E-state index in [1.807, 2.05) is 43.5 Å². The fourth-order valence-corrected chi connectivity index (χ4v) is 2.32. The van der Waals surface area contributed by atoms with Gasteiger partial charge in [0.05, 0.1) is 11.4 Å². The molecule has 0 spiro atoms. The molecule has 2 aromatic heterocycles. The molecular weight excluding hydrogens is 292 g/mol. The molecule has 118 valence electrons. The maximum atomic E-state index is 12.0. The minimum Gasteiger partial charge on any atom is -0.384 e. The lowest BCUT2D eigenvalue weighted by molar-refractivity contribution is -0.122. The summed E-state index contributed by atoms with van der Waals surface area (Å²) in [6.07, 6.45) is 3.60. The fourth-order valence-electron chi connectivity index (χ4n) is 2.32. The van der Waals surface area contributed by atoms with Gasteiger partial charge in [0.2, 0.25) is 5.91 Å². The molecule has 0 aliphatic rings. The van der Waals surface area contributed by atoms with Crippen LogP contribution in [0, 0.1) is 6.92 Å². The zero-order valence-corrected chi connectivity index (χ0v) is 12.8. The topological polar surface area (TPSA) is 90.8 Å². The Bertz CT molecular complexity index is 806. The van der Waals surface area contributed by atoms with Gasteiger partial charge in [-0.05, 0) is 30.7 Å². The maximum absolute atomic E-state index is 12.0. The molecule has 2 heterocycles. The predicted octanol–water partition coefficient (Wildman–Crippen LogP) is 1.28. The average Bonchev–Trinajstić information content (AvgIpc) is 3.16. The summed E-state index contributed by atoms with van der Waals surface area (Å²) in [4.78, 5) is 12.0. The van der Waals surface area contributed by atoms with Crippen LogP contribution in [0.2, 0.25) is 0 Å². The van der Waals surface area contributed by atoms with E-state index in [2.05, 4.69) is 15.5 Å². The van der Waals surface area contributed by atoms with Gasteiger partial charge in [-0.1, -0.05) is 12.1 Å². The second-order valence-corrected chi connectivity index (χ2v) is 5.27. The molecule has 3 N–H and O–H groups in total. The molecule has 23 heavy (non-hydrogen) atoms. The van der Waals surface area contributed by atoms with Gasteiger partial charge in [0.1, 0.15) is 12.4 Å². The van der Waals surface area contributed by atoms with Gasteiger partial charge in [-0.15, -0.1) is 0 Å². The van der Waals surface area contributed by atoms with Gasteiger partial charge < -0.3 is 11.1 Å². The van der Waals surface area contributed by atoms with E-state index >= 15 is 0 Å². The molecule has 7 heteroatoms. The van der Waals surface area contributed by atoms with Crippen molar-refractivity contribution in [3.05, 3.63) is 60.0 Å². The quantitative estimate of drug-likeness (QED) is 0.742. The summed E-state index contributed by atoms with van der Waals surface area (Å²) in [5.41, 5.74) is 8.52. The summed E-state index contributed by atoms with van der Waals surface area (Å²) >= 11 is 0. The van der Waals surface area contributed by atoms with Crippen LogP contribution in [0.15, 0.2) is 48.8 Å². The first-order valence-corrected chi connectivity index (χ1v) is 7.27. The fraction of sp³-hybridized carbons (Fsp3) is 0.188. The number of aryl methyl sites for hydroxylation is 1. The van der Waals surface area contributed by atoms with Crippen LogP contribution in [0.5, 0.6) is 0 Å². The van der Waals surface area contributed by atoms with Gasteiger partial charge >= 0.3 is 0 Å². The molecule has 0 radical (unpaired) electrons. The van der Waals surface area contributed by atoms with Gasteiger partial charge in [0.15, 0.2) is 0 Å². The summed E-state index contributed by atoms with van der Waals surface area (Å²) in [5.74, 6) is 0.350. The van der Waals surface area contributed by atoms with Crippen molar-refractivity contribution in [3.63, 3.8) is 0 Å². The number of aromatic nitrogens is 4. The molecule has 1 aromatic carbocycles. The standard InChI is InChI=1S/C16H18N6O/c1-12-8-15(17)22(20-12)11-16(23)18-10-13-4-2-5-14(9-13)21-7-3-6-19-21/h2-9H,10-11,17H2,1H3,(H,18,23). The zero-order valence-electron chi connectivity index (χ0n) is 12.8. The minimum absolute atomic E-state index is 0.110. The van der Waals surface area contributed by atoms with Crippen LogP contribution in [0.4, 0.5) is 5.82 Å². The van der Waals surface area contributed by atoms with Crippen molar-refractivity contribution in [2.45, 2.75) is 20.0 Å². The molecule has 3 aromatic rings. The monoisotopic (exact) mass is 310 g/mol. The number of carbonyl (C=O) groups excluding carboxylic acids is 1. The van der Waals surface area contributed by atoms with Crippen LogP contribution < -0.4 is 11.1 Å². The Labute approximate surface area is 133 Å². The average molecular weight is 310 g/mol. The molecule has 7 nitrogen and oxygen atoms in total. The number of benzene rings is 1. The van der Waals surface area contributed by atoms with Crippen molar-refractivity contribution in [2.24, 2.45) is 0 Å². The summed E-state index contributed by atoms with van der Waals surface area (Å²) in [7, 11) is 0. The van der Waals surface area contributed by atoms with Crippen LogP contribution in [0.25, 0.3) is 5.69 Å². The highest BCUT2D eigenvalue weighted by atomic mass is 16.2. The number of nitrogens with one attached hydrogen (secondary N) is 1. The van der Waals surface area contributed by atoms with E-state index < -0.39 is 0 Å². The first-order valence-electron chi connectivity index (χ1n) is 7.27. The van der Waals surface area contributed by atoms with Crippen molar-refractivity contribution in [1.29, 1.82) is 0 Å².